The van der Waals surface area contributed by atoms with Crippen LogP contribution in [0.4, 0.5) is 0 Å². The summed E-state index contributed by atoms with van der Waals surface area (Å²) in [5.41, 5.74) is 1.04. The first-order valence-electron chi connectivity index (χ1n) is 6.32. The zero-order chi connectivity index (χ0) is 13.2. The SMILES string of the molecule is CCN1C(=S)N[C@H](c2ccccn2)[C@@H]1c1cccs1. The Balaban J connectivity index is 2.01. The Morgan fingerprint density at radius 3 is 2.89 bits per heavy atom. The second-order valence-electron chi connectivity index (χ2n) is 4.43. The molecule has 0 spiro atoms. The number of nitrogens with zero attached hydrogens (tertiary/aromatic N) is 2. The molecule has 0 unspecified atom stereocenters. The highest BCUT2D eigenvalue weighted by molar-refractivity contribution is 7.80. The molecule has 2 aromatic heterocycles. The molecule has 1 fully saturated rings. The monoisotopic (exact) mass is 289 g/mol. The molecule has 0 radical (unpaired) electrons. The number of thiophene rings is 1. The Kier molecular flexibility index (Phi) is 3.48. The Morgan fingerprint density at radius 1 is 1.37 bits per heavy atom. The number of aromatic nitrogens is 1. The molecular weight excluding hydrogens is 274 g/mol. The Labute approximate surface area is 122 Å². The van der Waals surface area contributed by atoms with E-state index in [1.165, 1.54) is 4.88 Å². The summed E-state index contributed by atoms with van der Waals surface area (Å²) in [5, 5.41) is 6.34. The van der Waals surface area contributed by atoms with Crippen LogP contribution in [0, 0.1) is 0 Å². The van der Waals surface area contributed by atoms with Gasteiger partial charge in [-0.15, -0.1) is 11.3 Å². The molecule has 1 saturated heterocycles. The van der Waals surface area contributed by atoms with Crippen molar-refractivity contribution >= 4 is 28.7 Å². The average molecular weight is 289 g/mol. The third kappa shape index (κ3) is 2.24. The van der Waals surface area contributed by atoms with Crippen LogP contribution >= 0.6 is 23.6 Å². The van der Waals surface area contributed by atoms with Crippen molar-refractivity contribution in [3.63, 3.8) is 0 Å². The van der Waals surface area contributed by atoms with Crippen molar-refractivity contribution in [1.29, 1.82) is 0 Å². The van der Waals surface area contributed by atoms with Gasteiger partial charge < -0.3 is 10.2 Å². The zero-order valence-electron chi connectivity index (χ0n) is 10.6. The van der Waals surface area contributed by atoms with Crippen LogP contribution in [0.3, 0.4) is 0 Å². The molecule has 3 heterocycles. The molecule has 19 heavy (non-hydrogen) atoms. The van der Waals surface area contributed by atoms with Gasteiger partial charge in [0.1, 0.15) is 0 Å². The molecule has 1 N–H and O–H groups in total. The first-order chi connectivity index (χ1) is 9.31. The van der Waals surface area contributed by atoms with Crippen molar-refractivity contribution in [2.45, 2.75) is 19.0 Å². The lowest BCUT2D eigenvalue weighted by molar-refractivity contribution is 0.335. The van der Waals surface area contributed by atoms with Gasteiger partial charge in [-0.05, 0) is 42.7 Å². The average Bonchev–Trinajstić information content (AvgIpc) is 3.06. The third-order valence-corrected chi connectivity index (χ3v) is 4.67. The lowest BCUT2D eigenvalue weighted by Gasteiger charge is -2.25. The van der Waals surface area contributed by atoms with Crippen molar-refractivity contribution in [2.24, 2.45) is 0 Å². The van der Waals surface area contributed by atoms with E-state index in [1.54, 1.807) is 11.3 Å². The summed E-state index contributed by atoms with van der Waals surface area (Å²) in [7, 11) is 0. The van der Waals surface area contributed by atoms with E-state index in [-0.39, 0.29) is 12.1 Å². The summed E-state index contributed by atoms with van der Waals surface area (Å²) >= 11 is 7.23. The smallest absolute Gasteiger partial charge is 0.170 e. The van der Waals surface area contributed by atoms with E-state index < -0.39 is 0 Å². The van der Waals surface area contributed by atoms with Crippen LogP contribution < -0.4 is 5.32 Å². The van der Waals surface area contributed by atoms with E-state index in [0.29, 0.717) is 0 Å². The fourth-order valence-corrected chi connectivity index (χ4v) is 3.76. The number of hydrogen-bond donors (Lipinski definition) is 1. The summed E-state index contributed by atoms with van der Waals surface area (Å²) in [6, 6.07) is 10.6. The van der Waals surface area contributed by atoms with Gasteiger partial charge in [-0.3, -0.25) is 4.98 Å². The van der Waals surface area contributed by atoms with Gasteiger partial charge in [0.05, 0.1) is 17.8 Å². The van der Waals surface area contributed by atoms with Crippen molar-refractivity contribution in [1.82, 2.24) is 15.2 Å². The fraction of sp³-hybridized carbons (Fsp3) is 0.286. The standard InChI is InChI=1S/C14H15N3S2/c1-2-17-13(11-7-5-9-19-11)12(16-14(17)18)10-6-3-4-8-15-10/h3-9,12-13H,2H2,1H3,(H,16,18)/t12-,13+/m1/s1. The van der Waals surface area contributed by atoms with Crippen LogP contribution in [0.2, 0.25) is 0 Å². The van der Waals surface area contributed by atoms with Crippen LogP contribution in [-0.2, 0) is 0 Å². The molecule has 0 amide bonds. The summed E-state index contributed by atoms with van der Waals surface area (Å²) in [6.45, 7) is 3.03. The first-order valence-corrected chi connectivity index (χ1v) is 7.61. The predicted octanol–water partition coefficient (Wildman–Crippen LogP) is 3.14. The molecule has 0 saturated carbocycles. The van der Waals surface area contributed by atoms with E-state index in [1.807, 2.05) is 18.3 Å². The Morgan fingerprint density at radius 2 is 2.26 bits per heavy atom. The minimum atomic E-state index is 0.132. The quantitative estimate of drug-likeness (QED) is 0.879. The number of hydrogen-bond acceptors (Lipinski definition) is 3. The van der Waals surface area contributed by atoms with E-state index in [9.17, 15) is 0 Å². The van der Waals surface area contributed by atoms with Crippen LogP contribution in [0.15, 0.2) is 41.9 Å². The highest BCUT2D eigenvalue weighted by Crippen LogP contribution is 2.39. The molecule has 98 valence electrons. The lowest BCUT2D eigenvalue weighted by atomic mass is 10.0. The molecule has 1 aliphatic rings. The van der Waals surface area contributed by atoms with E-state index in [4.69, 9.17) is 12.2 Å². The number of rotatable bonds is 3. The molecule has 0 aromatic carbocycles. The largest absolute Gasteiger partial charge is 0.352 e. The molecule has 0 bridgehead atoms. The minimum absolute atomic E-state index is 0.132. The number of pyridine rings is 1. The second kappa shape index (κ2) is 5.27. The minimum Gasteiger partial charge on any atom is -0.352 e. The molecule has 3 nitrogen and oxygen atoms in total. The molecular formula is C14H15N3S2. The van der Waals surface area contributed by atoms with Gasteiger partial charge in [0, 0.05) is 17.6 Å². The molecule has 2 atom stereocenters. The number of thiocarbonyl (C=S) groups is 1. The van der Waals surface area contributed by atoms with Gasteiger partial charge in [0.15, 0.2) is 5.11 Å². The number of nitrogens with one attached hydrogen (secondary N) is 1. The summed E-state index contributed by atoms with van der Waals surface area (Å²) < 4.78 is 0. The van der Waals surface area contributed by atoms with Crippen LogP contribution in [-0.4, -0.2) is 21.5 Å². The first kappa shape index (κ1) is 12.6. The highest BCUT2D eigenvalue weighted by Gasteiger charge is 2.39. The maximum atomic E-state index is 5.46. The summed E-state index contributed by atoms with van der Waals surface area (Å²) in [6.07, 6.45) is 1.83. The molecule has 1 aliphatic heterocycles. The summed E-state index contributed by atoms with van der Waals surface area (Å²) in [5.74, 6) is 0. The number of likely N-dealkylation sites (N-methyl/N-ethyl adjacent to an activating group) is 1. The molecule has 5 heteroatoms. The van der Waals surface area contributed by atoms with E-state index >= 15 is 0 Å². The molecule has 0 aliphatic carbocycles. The van der Waals surface area contributed by atoms with E-state index in [0.717, 1.165) is 17.4 Å². The third-order valence-electron chi connectivity index (χ3n) is 3.37. The molecule has 2 aromatic rings. The van der Waals surface area contributed by atoms with Crippen molar-refractivity contribution in [3.8, 4) is 0 Å². The van der Waals surface area contributed by atoms with Gasteiger partial charge in [0.25, 0.3) is 0 Å². The van der Waals surface area contributed by atoms with Gasteiger partial charge >= 0.3 is 0 Å². The van der Waals surface area contributed by atoms with Crippen molar-refractivity contribution in [3.05, 3.63) is 52.5 Å². The van der Waals surface area contributed by atoms with Crippen LogP contribution in [0.25, 0.3) is 0 Å². The Bertz CT molecular complexity index is 553. The van der Waals surface area contributed by atoms with Crippen LogP contribution in [0.1, 0.15) is 29.6 Å². The fourth-order valence-electron chi connectivity index (χ4n) is 2.51. The summed E-state index contributed by atoms with van der Waals surface area (Å²) in [4.78, 5) is 8.04. The van der Waals surface area contributed by atoms with Gasteiger partial charge in [0.2, 0.25) is 0 Å². The Hall–Kier alpha value is -1.46. The predicted molar refractivity (Wildman–Crippen MR) is 82.2 cm³/mol. The maximum Gasteiger partial charge on any atom is 0.170 e. The maximum absolute atomic E-state index is 5.46. The lowest BCUT2D eigenvalue weighted by Crippen LogP contribution is -2.28. The highest BCUT2D eigenvalue weighted by atomic mass is 32.1. The topological polar surface area (TPSA) is 28.2 Å². The van der Waals surface area contributed by atoms with Gasteiger partial charge in [-0.2, -0.15) is 0 Å². The van der Waals surface area contributed by atoms with Crippen molar-refractivity contribution in [2.75, 3.05) is 6.54 Å². The van der Waals surface area contributed by atoms with Crippen LogP contribution in [0.5, 0.6) is 0 Å². The second-order valence-corrected chi connectivity index (χ2v) is 5.79. The molecule has 3 rings (SSSR count). The van der Waals surface area contributed by atoms with Gasteiger partial charge in [-0.1, -0.05) is 12.1 Å². The van der Waals surface area contributed by atoms with Gasteiger partial charge in [-0.25, -0.2) is 0 Å². The van der Waals surface area contributed by atoms with Crippen molar-refractivity contribution < 1.29 is 0 Å². The van der Waals surface area contributed by atoms with E-state index in [2.05, 4.69) is 45.7 Å². The normalized spacial score (nSPS) is 22.6. The zero-order valence-corrected chi connectivity index (χ0v) is 12.2.